The first kappa shape index (κ1) is 12.7. The van der Waals surface area contributed by atoms with Gasteiger partial charge >= 0.3 is 5.97 Å². The molecular weight excluding hydrogens is 276 g/mol. The molecule has 0 amide bonds. The number of nitrogens with zero attached hydrogens (tertiary/aromatic N) is 2. The molecule has 20 heavy (non-hydrogen) atoms. The van der Waals surface area contributed by atoms with Gasteiger partial charge in [-0.05, 0) is 34.7 Å². The molecule has 3 rings (SSSR count). The molecule has 0 unspecified atom stereocenters. The number of benzene rings is 2. The second kappa shape index (κ2) is 4.97. The monoisotopic (exact) mass is 286 g/mol. The van der Waals surface area contributed by atoms with E-state index in [0.29, 0.717) is 16.5 Å². The van der Waals surface area contributed by atoms with Gasteiger partial charge in [-0.2, -0.15) is 0 Å². The van der Waals surface area contributed by atoms with Crippen LogP contribution in [0, 0.1) is 6.92 Å². The highest BCUT2D eigenvalue weighted by atomic mass is 32.2. The summed E-state index contributed by atoms with van der Waals surface area (Å²) < 4.78 is 5.34. The van der Waals surface area contributed by atoms with E-state index >= 15 is 0 Å². The first-order valence-electron chi connectivity index (χ1n) is 5.88. The molecule has 1 heterocycles. The van der Waals surface area contributed by atoms with E-state index in [1.54, 1.807) is 25.1 Å². The Bertz CT molecular complexity index is 798. The Balaban J connectivity index is 2.12. The van der Waals surface area contributed by atoms with Crippen LogP contribution in [0.3, 0.4) is 0 Å². The lowest BCUT2D eigenvalue weighted by Crippen LogP contribution is -1.97. The Morgan fingerprint density at radius 1 is 1.15 bits per heavy atom. The summed E-state index contributed by atoms with van der Waals surface area (Å²) in [6.07, 6.45) is 0. The summed E-state index contributed by atoms with van der Waals surface area (Å²) in [7, 11) is 0. The highest BCUT2D eigenvalue weighted by Gasteiger charge is 2.13. The minimum atomic E-state index is -0.939. The number of hydrogen-bond acceptors (Lipinski definition) is 5. The van der Waals surface area contributed by atoms with Gasteiger partial charge in [0.25, 0.3) is 5.22 Å². The van der Waals surface area contributed by atoms with Gasteiger partial charge in [0.2, 0.25) is 5.89 Å². The molecule has 100 valence electrons. The van der Waals surface area contributed by atoms with Crippen molar-refractivity contribution in [3.63, 3.8) is 0 Å². The Morgan fingerprint density at radius 3 is 2.55 bits per heavy atom. The zero-order chi connectivity index (χ0) is 14.1. The average molecular weight is 286 g/mol. The molecule has 1 N–H and O–H groups in total. The maximum Gasteiger partial charge on any atom is 0.336 e. The Morgan fingerprint density at radius 2 is 1.90 bits per heavy atom. The van der Waals surface area contributed by atoms with Crippen molar-refractivity contribution in [1.82, 2.24) is 10.2 Å². The van der Waals surface area contributed by atoms with Gasteiger partial charge in [0.15, 0.2) is 0 Å². The number of carboxylic acid groups (broad SMARTS) is 1. The minimum absolute atomic E-state index is 0.284. The molecule has 0 atom stereocenters. The van der Waals surface area contributed by atoms with Crippen LogP contribution in [-0.2, 0) is 0 Å². The largest absolute Gasteiger partial charge is 0.478 e. The number of rotatable bonds is 3. The molecule has 6 heteroatoms. The fourth-order valence-corrected chi connectivity index (χ4v) is 2.82. The number of carbonyl (C=O) groups is 1. The van der Waals surface area contributed by atoms with Crippen LogP contribution in [0.1, 0.15) is 16.2 Å². The van der Waals surface area contributed by atoms with Gasteiger partial charge < -0.3 is 9.52 Å². The predicted octanol–water partition coefficient (Wildman–Crippen LogP) is 3.38. The fraction of sp³-hybridized carbons (Fsp3) is 0.0714. The van der Waals surface area contributed by atoms with Crippen molar-refractivity contribution in [2.75, 3.05) is 0 Å². The molecule has 1 aromatic heterocycles. The van der Waals surface area contributed by atoms with Crippen molar-refractivity contribution in [3.8, 4) is 0 Å². The number of fused-ring (bicyclic) bond motifs is 1. The molecule has 2 aromatic carbocycles. The number of aryl methyl sites for hydroxylation is 1. The van der Waals surface area contributed by atoms with E-state index in [1.807, 2.05) is 18.2 Å². The highest BCUT2D eigenvalue weighted by Crippen LogP contribution is 2.34. The second-order valence-electron chi connectivity index (χ2n) is 4.15. The molecule has 5 nitrogen and oxygen atoms in total. The molecule has 0 radical (unpaired) electrons. The first-order valence-corrected chi connectivity index (χ1v) is 6.70. The zero-order valence-electron chi connectivity index (χ0n) is 10.5. The third-order valence-corrected chi connectivity index (χ3v) is 3.73. The summed E-state index contributed by atoms with van der Waals surface area (Å²) in [5, 5.41) is 18.9. The third kappa shape index (κ3) is 2.25. The normalized spacial score (nSPS) is 10.8. The van der Waals surface area contributed by atoms with Gasteiger partial charge in [-0.25, -0.2) is 4.79 Å². The summed E-state index contributed by atoms with van der Waals surface area (Å²) in [6.45, 7) is 1.72. The number of carboxylic acids is 1. The van der Waals surface area contributed by atoms with E-state index < -0.39 is 5.97 Å². The van der Waals surface area contributed by atoms with E-state index in [1.165, 1.54) is 11.8 Å². The lowest BCUT2D eigenvalue weighted by molar-refractivity contribution is 0.0699. The summed E-state index contributed by atoms with van der Waals surface area (Å²) in [5.74, 6) is -0.439. The maximum atomic E-state index is 11.2. The third-order valence-electron chi connectivity index (χ3n) is 2.82. The van der Waals surface area contributed by atoms with Gasteiger partial charge in [-0.15, -0.1) is 10.2 Å². The van der Waals surface area contributed by atoms with Crippen molar-refractivity contribution in [2.45, 2.75) is 17.0 Å². The smallest absolute Gasteiger partial charge is 0.336 e. The lowest BCUT2D eigenvalue weighted by Gasteiger charge is -2.06. The van der Waals surface area contributed by atoms with Gasteiger partial charge in [0.05, 0.1) is 5.56 Å². The molecule has 0 aliphatic carbocycles. The average Bonchev–Trinajstić information content (AvgIpc) is 2.84. The Hall–Kier alpha value is -2.34. The maximum absolute atomic E-state index is 11.2. The van der Waals surface area contributed by atoms with Crippen LogP contribution in [0.15, 0.2) is 50.9 Å². The van der Waals surface area contributed by atoms with Crippen LogP contribution < -0.4 is 0 Å². The quantitative estimate of drug-likeness (QED) is 0.795. The van der Waals surface area contributed by atoms with Crippen LogP contribution >= 0.6 is 11.8 Å². The molecular formula is C14H10N2O3S. The zero-order valence-corrected chi connectivity index (χ0v) is 11.3. The van der Waals surface area contributed by atoms with E-state index in [4.69, 9.17) is 4.42 Å². The van der Waals surface area contributed by atoms with E-state index in [0.717, 1.165) is 10.3 Å². The Kier molecular flexibility index (Phi) is 3.15. The topological polar surface area (TPSA) is 76.2 Å². The van der Waals surface area contributed by atoms with Crippen LogP contribution in [0.4, 0.5) is 0 Å². The summed E-state index contributed by atoms with van der Waals surface area (Å²) in [5.41, 5.74) is 0.284. The highest BCUT2D eigenvalue weighted by molar-refractivity contribution is 7.99. The fourth-order valence-electron chi connectivity index (χ4n) is 1.96. The van der Waals surface area contributed by atoms with Crippen LogP contribution in [0.5, 0.6) is 0 Å². The van der Waals surface area contributed by atoms with Gasteiger partial charge in [-0.1, -0.05) is 24.3 Å². The Labute approximate surface area is 118 Å². The first-order chi connectivity index (χ1) is 9.65. The van der Waals surface area contributed by atoms with Crippen molar-refractivity contribution in [3.05, 3.63) is 47.9 Å². The van der Waals surface area contributed by atoms with Crippen molar-refractivity contribution < 1.29 is 14.3 Å². The summed E-state index contributed by atoms with van der Waals surface area (Å²) in [6, 6.07) is 10.7. The lowest BCUT2D eigenvalue weighted by atomic mass is 10.0. The molecule has 0 fully saturated rings. The van der Waals surface area contributed by atoms with Crippen molar-refractivity contribution in [1.29, 1.82) is 0 Å². The van der Waals surface area contributed by atoms with Gasteiger partial charge in [0.1, 0.15) is 0 Å². The van der Waals surface area contributed by atoms with Crippen molar-refractivity contribution >= 4 is 28.5 Å². The van der Waals surface area contributed by atoms with Crippen LogP contribution in [0.2, 0.25) is 0 Å². The minimum Gasteiger partial charge on any atom is -0.478 e. The number of aromatic nitrogens is 2. The van der Waals surface area contributed by atoms with Gasteiger partial charge in [0, 0.05) is 11.8 Å². The molecule has 0 aliphatic heterocycles. The molecule has 0 saturated carbocycles. The van der Waals surface area contributed by atoms with E-state index in [-0.39, 0.29) is 5.56 Å². The molecule has 0 bridgehead atoms. The molecule has 0 spiro atoms. The van der Waals surface area contributed by atoms with Crippen LogP contribution in [0.25, 0.3) is 10.8 Å². The standard InChI is InChI=1S/C14H10N2O3S/c1-8-15-16-14(19-8)20-12-7-6-11(13(17)18)9-4-2-3-5-10(9)12/h2-7H,1H3,(H,17,18). The number of aromatic carboxylic acids is 1. The summed E-state index contributed by atoms with van der Waals surface area (Å²) >= 11 is 1.33. The molecule has 3 aromatic rings. The summed E-state index contributed by atoms with van der Waals surface area (Å²) in [4.78, 5) is 12.1. The van der Waals surface area contributed by atoms with Gasteiger partial charge in [-0.3, -0.25) is 0 Å². The second-order valence-corrected chi connectivity index (χ2v) is 5.14. The SMILES string of the molecule is Cc1nnc(Sc2ccc(C(=O)O)c3ccccc23)o1. The van der Waals surface area contributed by atoms with Crippen LogP contribution in [-0.4, -0.2) is 21.3 Å². The number of hydrogen-bond donors (Lipinski definition) is 1. The van der Waals surface area contributed by atoms with E-state index in [2.05, 4.69) is 10.2 Å². The van der Waals surface area contributed by atoms with Crippen molar-refractivity contribution in [2.24, 2.45) is 0 Å². The van der Waals surface area contributed by atoms with E-state index in [9.17, 15) is 9.90 Å². The molecule has 0 saturated heterocycles. The molecule has 0 aliphatic rings. The predicted molar refractivity (Wildman–Crippen MR) is 74.1 cm³/mol.